The molecular weight excluding hydrogens is 330 g/mol. The van der Waals surface area contributed by atoms with Gasteiger partial charge in [-0.3, -0.25) is 14.4 Å². The van der Waals surface area contributed by atoms with Gasteiger partial charge in [-0.2, -0.15) is 0 Å². The Balaban J connectivity index is 2.00. The third-order valence-electron chi connectivity index (χ3n) is 3.07. The van der Waals surface area contributed by atoms with Crippen LogP contribution in [0.4, 0.5) is 0 Å². The van der Waals surface area contributed by atoms with Crippen LogP contribution in [0, 0.1) is 5.92 Å². The average molecular weight is 344 g/mol. The smallest absolute Gasteiger partial charge is 0.316 e. The fourth-order valence-corrected chi connectivity index (χ4v) is 2.38. The summed E-state index contributed by atoms with van der Waals surface area (Å²) in [6, 6.07) is 3.15. The van der Waals surface area contributed by atoms with Crippen molar-refractivity contribution in [1.82, 2.24) is 4.90 Å². The lowest BCUT2D eigenvalue weighted by Gasteiger charge is -2.29. The van der Waals surface area contributed by atoms with E-state index in [1.807, 2.05) is 0 Å². The molecule has 1 aromatic heterocycles. The zero-order valence-electron chi connectivity index (χ0n) is 10.9. The molecule has 0 aliphatic carbocycles. The van der Waals surface area contributed by atoms with E-state index >= 15 is 0 Å². The van der Waals surface area contributed by atoms with Crippen molar-refractivity contribution in [3.63, 3.8) is 0 Å². The first-order chi connectivity index (χ1) is 9.52. The Hall–Kier alpha value is -1.63. The fourth-order valence-electron chi connectivity index (χ4n) is 2.07. The summed E-state index contributed by atoms with van der Waals surface area (Å²) in [5, 5.41) is 0. The number of ketones is 1. The van der Waals surface area contributed by atoms with Gasteiger partial charge in [0.25, 0.3) is 5.91 Å². The first-order valence-corrected chi connectivity index (χ1v) is 7.06. The van der Waals surface area contributed by atoms with E-state index in [1.54, 1.807) is 13.0 Å². The Morgan fingerprint density at radius 2 is 2.25 bits per heavy atom. The fraction of sp³-hybridized carbons (Fsp3) is 0.462. The Bertz CT molecular complexity index is 539. The SMILES string of the molecule is CCOC(=O)C1CCN(C(=O)c2ccc(Br)o2)CC1=O. The number of Topliss-reactive ketones (excluding diaryl/α,β-unsaturated/α-hetero) is 1. The van der Waals surface area contributed by atoms with Crippen LogP contribution in [0.3, 0.4) is 0 Å². The Labute approximate surface area is 124 Å². The zero-order chi connectivity index (χ0) is 14.7. The summed E-state index contributed by atoms with van der Waals surface area (Å²) in [5.41, 5.74) is 0. The molecule has 0 spiro atoms. The molecule has 108 valence electrons. The van der Waals surface area contributed by atoms with Gasteiger partial charge in [0.15, 0.2) is 16.2 Å². The topological polar surface area (TPSA) is 76.8 Å². The number of rotatable bonds is 3. The van der Waals surface area contributed by atoms with E-state index in [-0.39, 0.29) is 37.0 Å². The van der Waals surface area contributed by atoms with Gasteiger partial charge in [-0.05, 0) is 41.4 Å². The van der Waals surface area contributed by atoms with Gasteiger partial charge in [0.2, 0.25) is 0 Å². The lowest BCUT2D eigenvalue weighted by molar-refractivity contribution is -0.153. The molecule has 0 bridgehead atoms. The highest BCUT2D eigenvalue weighted by Crippen LogP contribution is 2.20. The van der Waals surface area contributed by atoms with Crippen LogP contribution < -0.4 is 0 Å². The van der Waals surface area contributed by atoms with Crippen molar-refractivity contribution in [3.05, 3.63) is 22.6 Å². The maximum absolute atomic E-state index is 12.1. The van der Waals surface area contributed by atoms with Crippen LogP contribution >= 0.6 is 15.9 Å². The van der Waals surface area contributed by atoms with E-state index in [2.05, 4.69) is 15.9 Å². The minimum Gasteiger partial charge on any atom is -0.465 e. The zero-order valence-corrected chi connectivity index (χ0v) is 12.5. The summed E-state index contributed by atoms with van der Waals surface area (Å²) in [5.74, 6) is -1.76. The first-order valence-electron chi connectivity index (χ1n) is 6.27. The van der Waals surface area contributed by atoms with Crippen molar-refractivity contribution in [3.8, 4) is 0 Å². The monoisotopic (exact) mass is 343 g/mol. The largest absolute Gasteiger partial charge is 0.465 e. The number of piperidine rings is 1. The average Bonchev–Trinajstić information content (AvgIpc) is 2.84. The number of hydrogen-bond acceptors (Lipinski definition) is 5. The number of halogens is 1. The molecule has 1 saturated heterocycles. The number of nitrogens with zero attached hydrogens (tertiary/aromatic N) is 1. The highest BCUT2D eigenvalue weighted by atomic mass is 79.9. The number of carbonyl (C=O) groups excluding carboxylic acids is 3. The number of ether oxygens (including phenoxy) is 1. The normalized spacial score (nSPS) is 19.0. The Kier molecular flexibility index (Phi) is 4.59. The number of furan rings is 1. The van der Waals surface area contributed by atoms with Crippen molar-refractivity contribution in [2.24, 2.45) is 5.92 Å². The Morgan fingerprint density at radius 3 is 2.80 bits per heavy atom. The molecule has 0 aromatic carbocycles. The second-order valence-corrected chi connectivity index (χ2v) is 5.17. The molecule has 6 nitrogen and oxygen atoms in total. The molecule has 2 heterocycles. The maximum Gasteiger partial charge on any atom is 0.316 e. The van der Waals surface area contributed by atoms with Gasteiger partial charge in [-0.15, -0.1) is 0 Å². The van der Waals surface area contributed by atoms with Crippen LogP contribution in [-0.4, -0.2) is 42.3 Å². The van der Waals surface area contributed by atoms with Gasteiger partial charge < -0.3 is 14.1 Å². The third kappa shape index (κ3) is 3.09. The predicted molar refractivity (Wildman–Crippen MR) is 72.1 cm³/mol. The quantitative estimate of drug-likeness (QED) is 0.615. The van der Waals surface area contributed by atoms with E-state index in [9.17, 15) is 14.4 Å². The van der Waals surface area contributed by atoms with Crippen molar-refractivity contribution < 1.29 is 23.5 Å². The van der Waals surface area contributed by atoms with Crippen LogP contribution in [-0.2, 0) is 14.3 Å². The second-order valence-electron chi connectivity index (χ2n) is 4.39. The number of esters is 1. The molecule has 1 aromatic rings. The van der Waals surface area contributed by atoms with Gasteiger partial charge in [0.1, 0.15) is 5.92 Å². The summed E-state index contributed by atoms with van der Waals surface area (Å²) < 4.78 is 10.5. The van der Waals surface area contributed by atoms with Crippen LogP contribution in [0.15, 0.2) is 21.2 Å². The van der Waals surface area contributed by atoms with E-state index in [0.717, 1.165) is 0 Å². The summed E-state index contributed by atoms with van der Waals surface area (Å²) in [7, 11) is 0. The van der Waals surface area contributed by atoms with Crippen molar-refractivity contribution in [1.29, 1.82) is 0 Å². The lowest BCUT2D eigenvalue weighted by Crippen LogP contribution is -2.46. The van der Waals surface area contributed by atoms with Gasteiger partial charge in [-0.1, -0.05) is 0 Å². The molecule has 1 atom stereocenters. The van der Waals surface area contributed by atoms with Gasteiger partial charge in [0, 0.05) is 6.54 Å². The van der Waals surface area contributed by atoms with E-state index in [1.165, 1.54) is 11.0 Å². The van der Waals surface area contributed by atoms with Crippen LogP contribution in [0.25, 0.3) is 0 Å². The van der Waals surface area contributed by atoms with Gasteiger partial charge >= 0.3 is 5.97 Å². The van der Waals surface area contributed by atoms with Crippen LogP contribution in [0.1, 0.15) is 23.9 Å². The molecule has 1 unspecified atom stereocenters. The minimum absolute atomic E-state index is 0.0966. The number of likely N-dealkylation sites (tertiary alicyclic amines) is 1. The number of hydrogen-bond donors (Lipinski definition) is 0. The number of carbonyl (C=O) groups is 3. The molecule has 0 radical (unpaired) electrons. The molecule has 1 amide bonds. The third-order valence-corrected chi connectivity index (χ3v) is 3.49. The van der Waals surface area contributed by atoms with E-state index < -0.39 is 11.9 Å². The number of amides is 1. The predicted octanol–water partition coefficient (Wildman–Crippen LogP) is 1.64. The van der Waals surface area contributed by atoms with Gasteiger partial charge in [-0.25, -0.2) is 0 Å². The first kappa shape index (κ1) is 14.8. The highest BCUT2D eigenvalue weighted by molar-refractivity contribution is 9.10. The molecule has 0 saturated carbocycles. The van der Waals surface area contributed by atoms with Crippen LogP contribution in [0.5, 0.6) is 0 Å². The molecule has 2 rings (SSSR count). The van der Waals surface area contributed by atoms with Gasteiger partial charge in [0.05, 0.1) is 13.2 Å². The molecule has 20 heavy (non-hydrogen) atoms. The van der Waals surface area contributed by atoms with Crippen LogP contribution in [0.2, 0.25) is 0 Å². The molecule has 7 heteroatoms. The minimum atomic E-state index is -0.762. The van der Waals surface area contributed by atoms with Crippen molar-refractivity contribution >= 4 is 33.6 Å². The lowest BCUT2D eigenvalue weighted by atomic mass is 9.95. The Morgan fingerprint density at radius 1 is 1.50 bits per heavy atom. The summed E-state index contributed by atoms with van der Waals surface area (Å²) in [4.78, 5) is 37.0. The molecule has 0 N–H and O–H groups in total. The molecule has 1 aliphatic rings. The molecule has 1 aliphatic heterocycles. The second kappa shape index (κ2) is 6.21. The van der Waals surface area contributed by atoms with E-state index in [4.69, 9.17) is 9.15 Å². The summed E-state index contributed by atoms with van der Waals surface area (Å²) in [6.07, 6.45) is 0.283. The maximum atomic E-state index is 12.1. The standard InChI is InChI=1S/C13H14BrNO5/c1-2-19-13(18)8-5-6-15(7-9(8)16)12(17)10-3-4-11(14)20-10/h3-4,8H,2,5-7H2,1H3. The van der Waals surface area contributed by atoms with E-state index in [0.29, 0.717) is 11.2 Å². The van der Waals surface area contributed by atoms with Crippen molar-refractivity contribution in [2.45, 2.75) is 13.3 Å². The molecular formula is C13H14BrNO5. The molecule has 1 fully saturated rings. The summed E-state index contributed by atoms with van der Waals surface area (Å²) >= 11 is 3.12. The van der Waals surface area contributed by atoms with Crippen molar-refractivity contribution in [2.75, 3.05) is 19.7 Å². The highest BCUT2D eigenvalue weighted by Gasteiger charge is 2.36. The summed E-state index contributed by atoms with van der Waals surface area (Å²) in [6.45, 7) is 2.16.